The van der Waals surface area contributed by atoms with Crippen LogP contribution in [0, 0.1) is 12.7 Å². The summed E-state index contributed by atoms with van der Waals surface area (Å²) in [4.78, 5) is 12.8. The van der Waals surface area contributed by atoms with Crippen molar-refractivity contribution >= 4 is 33.4 Å². The Balaban J connectivity index is 1.67. The maximum Gasteiger partial charge on any atom is 0.264 e. The van der Waals surface area contributed by atoms with Gasteiger partial charge >= 0.3 is 0 Å². The molecule has 0 radical (unpaired) electrons. The Morgan fingerprint density at radius 3 is 2.37 bits per heavy atom. The van der Waals surface area contributed by atoms with E-state index in [2.05, 4.69) is 5.32 Å². The van der Waals surface area contributed by atoms with Crippen molar-refractivity contribution in [2.75, 3.05) is 29.8 Å². The number of rotatable bonds is 12. The van der Waals surface area contributed by atoms with Crippen LogP contribution in [0.25, 0.3) is 0 Å². The number of ether oxygens (including phenoxy) is 1. The zero-order chi connectivity index (χ0) is 25.3. The molecule has 1 amide bonds. The summed E-state index contributed by atoms with van der Waals surface area (Å²) in [7, 11) is -3.98. The van der Waals surface area contributed by atoms with Gasteiger partial charge < -0.3 is 10.1 Å². The molecule has 1 N–H and O–H groups in total. The molecule has 3 rings (SSSR count). The van der Waals surface area contributed by atoms with Gasteiger partial charge in [-0.3, -0.25) is 9.10 Å². The molecule has 0 aromatic heterocycles. The van der Waals surface area contributed by atoms with Gasteiger partial charge in [0.2, 0.25) is 5.91 Å². The van der Waals surface area contributed by atoms with Crippen LogP contribution >= 0.6 is 11.8 Å². The van der Waals surface area contributed by atoms with E-state index in [1.54, 1.807) is 54.6 Å². The van der Waals surface area contributed by atoms with Gasteiger partial charge in [-0.2, -0.15) is 11.8 Å². The van der Waals surface area contributed by atoms with Crippen LogP contribution in [0.5, 0.6) is 5.75 Å². The SMILES string of the molecule is CCOc1ccc(N(CC(=O)NCCSCc2ccccc2F)S(=O)(=O)c2ccc(C)cc2)cc1. The van der Waals surface area contributed by atoms with Crippen molar-refractivity contribution in [3.8, 4) is 5.75 Å². The van der Waals surface area contributed by atoms with Crippen molar-refractivity contribution in [2.45, 2.75) is 24.5 Å². The summed E-state index contributed by atoms with van der Waals surface area (Å²) < 4.78 is 47.1. The minimum absolute atomic E-state index is 0.102. The summed E-state index contributed by atoms with van der Waals surface area (Å²) in [5, 5.41) is 2.76. The number of hydrogen-bond acceptors (Lipinski definition) is 5. The topological polar surface area (TPSA) is 75.7 Å². The molecular weight excluding hydrogens is 487 g/mol. The highest BCUT2D eigenvalue weighted by Crippen LogP contribution is 2.26. The third-order valence-corrected chi connectivity index (χ3v) is 7.91. The highest BCUT2D eigenvalue weighted by atomic mass is 32.2. The lowest BCUT2D eigenvalue weighted by molar-refractivity contribution is -0.119. The first-order valence-corrected chi connectivity index (χ1v) is 13.8. The van der Waals surface area contributed by atoms with Crippen molar-refractivity contribution in [3.63, 3.8) is 0 Å². The first-order valence-electron chi connectivity index (χ1n) is 11.2. The van der Waals surface area contributed by atoms with Gasteiger partial charge in [0.05, 0.1) is 17.2 Å². The van der Waals surface area contributed by atoms with Gasteiger partial charge in [-0.1, -0.05) is 35.9 Å². The molecule has 0 fully saturated rings. The van der Waals surface area contributed by atoms with E-state index in [0.717, 1.165) is 9.87 Å². The van der Waals surface area contributed by atoms with Crippen molar-refractivity contribution < 1.29 is 22.3 Å². The standard InChI is InChI=1S/C26H29FN2O4S2/c1-3-33-23-12-10-22(11-13-23)29(35(31,32)24-14-8-20(2)9-15-24)18-26(30)28-16-17-34-19-21-6-4-5-7-25(21)27/h4-15H,3,16-19H2,1-2H3,(H,28,30). The molecule has 35 heavy (non-hydrogen) atoms. The van der Waals surface area contributed by atoms with Gasteiger partial charge in [0.15, 0.2) is 0 Å². The van der Waals surface area contributed by atoms with E-state index < -0.39 is 15.9 Å². The second kappa shape index (κ2) is 12.6. The Kier molecular flexibility index (Phi) is 9.56. The Labute approximate surface area is 210 Å². The van der Waals surface area contributed by atoms with Gasteiger partial charge in [-0.05, 0) is 61.9 Å². The molecule has 0 saturated heterocycles. The van der Waals surface area contributed by atoms with Crippen LogP contribution in [0.3, 0.4) is 0 Å². The number of nitrogens with one attached hydrogen (secondary N) is 1. The molecule has 6 nitrogen and oxygen atoms in total. The molecule has 9 heteroatoms. The van der Waals surface area contributed by atoms with E-state index in [1.807, 2.05) is 13.8 Å². The summed E-state index contributed by atoms with van der Waals surface area (Å²) in [5.74, 6) is 0.980. The van der Waals surface area contributed by atoms with E-state index in [0.29, 0.717) is 41.7 Å². The maximum absolute atomic E-state index is 13.7. The molecule has 0 atom stereocenters. The molecule has 0 spiro atoms. The molecular formula is C26H29FN2O4S2. The van der Waals surface area contributed by atoms with Crippen LogP contribution in [-0.2, 0) is 20.6 Å². The number of carbonyl (C=O) groups is 1. The Bertz CT molecular complexity index is 1220. The van der Waals surface area contributed by atoms with Gasteiger partial charge in [0, 0.05) is 18.1 Å². The van der Waals surface area contributed by atoms with Gasteiger partial charge in [0.25, 0.3) is 10.0 Å². The summed E-state index contributed by atoms with van der Waals surface area (Å²) in [6, 6.07) is 19.7. The highest BCUT2D eigenvalue weighted by molar-refractivity contribution is 7.98. The molecule has 186 valence electrons. The number of hydrogen-bond donors (Lipinski definition) is 1. The minimum atomic E-state index is -3.98. The predicted molar refractivity (Wildman–Crippen MR) is 139 cm³/mol. The van der Waals surface area contributed by atoms with Crippen LogP contribution < -0.4 is 14.4 Å². The number of halogens is 1. The van der Waals surface area contributed by atoms with Crippen molar-refractivity contribution in [3.05, 3.63) is 89.7 Å². The second-order valence-electron chi connectivity index (χ2n) is 7.75. The smallest absolute Gasteiger partial charge is 0.264 e. The van der Waals surface area contributed by atoms with Crippen molar-refractivity contribution in [2.24, 2.45) is 0 Å². The van der Waals surface area contributed by atoms with E-state index >= 15 is 0 Å². The zero-order valence-corrected chi connectivity index (χ0v) is 21.4. The second-order valence-corrected chi connectivity index (χ2v) is 10.7. The third-order valence-electron chi connectivity index (χ3n) is 5.12. The summed E-state index contributed by atoms with van der Waals surface area (Å²) >= 11 is 1.49. The van der Waals surface area contributed by atoms with Crippen LogP contribution in [0.1, 0.15) is 18.1 Å². The highest BCUT2D eigenvalue weighted by Gasteiger charge is 2.27. The molecule has 0 aliphatic rings. The number of aryl methyl sites for hydroxylation is 1. The van der Waals surface area contributed by atoms with Gasteiger partial charge in [0.1, 0.15) is 18.1 Å². The van der Waals surface area contributed by atoms with E-state index in [4.69, 9.17) is 4.74 Å². The fourth-order valence-electron chi connectivity index (χ4n) is 3.27. The number of carbonyl (C=O) groups excluding carboxylic acids is 1. The van der Waals surface area contributed by atoms with Crippen molar-refractivity contribution in [1.82, 2.24) is 5.32 Å². The van der Waals surface area contributed by atoms with Crippen molar-refractivity contribution in [1.29, 1.82) is 0 Å². The Morgan fingerprint density at radius 2 is 1.71 bits per heavy atom. The first-order chi connectivity index (χ1) is 16.8. The average Bonchev–Trinajstić information content (AvgIpc) is 2.84. The maximum atomic E-state index is 13.7. The van der Waals surface area contributed by atoms with E-state index in [1.165, 1.54) is 30.0 Å². The Morgan fingerprint density at radius 1 is 1.03 bits per heavy atom. The summed E-state index contributed by atoms with van der Waals surface area (Å²) in [6.07, 6.45) is 0. The lowest BCUT2D eigenvalue weighted by atomic mass is 10.2. The quantitative estimate of drug-likeness (QED) is 0.351. The molecule has 0 aliphatic carbocycles. The molecule has 0 aliphatic heterocycles. The largest absolute Gasteiger partial charge is 0.494 e. The van der Waals surface area contributed by atoms with Gasteiger partial charge in [-0.25, -0.2) is 12.8 Å². The predicted octanol–water partition coefficient (Wildman–Crippen LogP) is 4.78. The molecule has 3 aromatic rings. The molecule has 0 heterocycles. The number of nitrogens with zero attached hydrogens (tertiary/aromatic N) is 1. The molecule has 0 unspecified atom stereocenters. The molecule has 3 aromatic carbocycles. The number of sulfonamides is 1. The molecule has 0 saturated carbocycles. The van der Waals surface area contributed by atoms with Gasteiger partial charge in [-0.15, -0.1) is 0 Å². The van der Waals surface area contributed by atoms with Crippen LogP contribution in [0.15, 0.2) is 77.7 Å². The monoisotopic (exact) mass is 516 g/mol. The fourth-order valence-corrected chi connectivity index (χ4v) is 5.54. The normalized spacial score (nSPS) is 11.2. The Hall–Kier alpha value is -3.04. The summed E-state index contributed by atoms with van der Waals surface area (Å²) in [5.41, 5.74) is 1.90. The number of benzene rings is 3. The zero-order valence-electron chi connectivity index (χ0n) is 19.7. The van der Waals surface area contributed by atoms with E-state index in [-0.39, 0.29) is 17.3 Å². The summed E-state index contributed by atoms with van der Waals surface area (Å²) in [6.45, 7) is 4.18. The molecule has 0 bridgehead atoms. The first kappa shape index (κ1) is 26.6. The average molecular weight is 517 g/mol. The van der Waals surface area contributed by atoms with Crippen LogP contribution in [0.2, 0.25) is 0 Å². The minimum Gasteiger partial charge on any atom is -0.494 e. The fraction of sp³-hybridized carbons (Fsp3) is 0.269. The van der Waals surface area contributed by atoms with E-state index in [9.17, 15) is 17.6 Å². The van der Waals surface area contributed by atoms with Crippen LogP contribution in [0.4, 0.5) is 10.1 Å². The van der Waals surface area contributed by atoms with Crippen LogP contribution in [-0.4, -0.2) is 39.8 Å². The number of thioether (sulfide) groups is 1. The number of anilines is 1. The lowest BCUT2D eigenvalue weighted by Crippen LogP contribution is -2.41. The lowest BCUT2D eigenvalue weighted by Gasteiger charge is -2.24. The number of amides is 1. The third kappa shape index (κ3) is 7.47.